The van der Waals surface area contributed by atoms with E-state index in [1.54, 1.807) is 44.2 Å². The number of amides is 2. The van der Waals surface area contributed by atoms with Crippen LogP contribution in [0.3, 0.4) is 0 Å². The Kier molecular flexibility index (Phi) is 5.55. The van der Waals surface area contributed by atoms with Gasteiger partial charge in [0.1, 0.15) is 5.54 Å². The molecule has 0 aromatic heterocycles. The lowest BCUT2D eigenvalue weighted by Gasteiger charge is -2.42. The second-order valence-electron chi connectivity index (χ2n) is 7.47. The van der Waals surface area contributed by atoms with E-state index >= 15 is 0 Å². The van der Waals surface area contributed by atoms with Crippen LogP contribution in [0, 0.1) is 6.92 Å². The van der Waals surface area contributed by atoms with E-state index in [9.17, 15) is 14.4 Å². The van der Waals surface area contributed by atoms with E-state index in [0.29, 0.717) is 11.4 Å². The molecule has 0 aliphatic carbocycles. The highest BCUT2D eigenvalue weighted by Crippen LogP contribution is 2.37. The van der Waals surface area contributed by atoms with Crippen LogP contribution in [-0.2, 0) is 19.1 Å². The van der Waals surface area contributed by atoms with Gasteiger partial charge in [-0.05, 0) is 57.0 Å². The first-order valence-electron chi connectivity index (χ1n) is 9.40. The van der Waals surface area contributed by atoms with Gasteiger partial charge < -0.3 is 10.1 Å². The van der Waals surface area contributed by atoms with Crippen LogP contribution in [-0.4, -0.2) is 29.4 Å². The van der Waals surface area contributed by atoms with Crippen LogP contribution in [0.1, 0.15) is 31.9 Å². The van der Waals surface area contributed by atoms with Gasteiger partial charge in [0.25, 0.3) is 5.91 Å². The third-order valence-electron chi connectivity index (χ3n) is 4.96. The SMILES string of the molecule is Cc1ccccc1/C=C/C(=O)O[C@H](C)C(=O)N1c2ccccc2NC(=O)C1(C)C. The first kappa shape index (κ1) is 20.3. The van der Waals surface area contributed by atoms with Gasteiger partial charge >= 0.3 is 5.97 Å². The maximum Gasteiger partial charge on any atom is 0.331 e. The lowest BCUT2D eigenvalue weighted by molar-refractivity contribution is -0.149. The Balaban J connectivity index is 1.78. The van der Waals surface area contributed by atoms with Crippen molar-refractivity contribution in [2.45, 2.75) is 39.3 Å². The Morgan fingerprint density at radius 1 is 1.10 bits per heavy atom. The molecule has 0 fully saturated rings. The molecule has 0 saturated heterocycles. The molecule has 0 radical (unpaired) electrons. The number of hydrogen-bond donors (Lipinski definition) is 1. The number of ether oxygens (including phenoxy) is 1. The van der Waals surface area contributed by atoms with Crippen molar-refractivity contribution in [3.05, 3.63) is 65.7 Å². The van der Waals surface area contributed by atoms with Gasteiger partial charge in [-0.15, -0.1) is 0 Å². The van der Waals surface area contributed by atoms with E-state index in [-0.39, 0.29) is 5.91 Å². The number of fused-ring (bicyclic) bond motifs is 1. The van der Waals surface area contributed by atoms with Crippen LogP contribution in [0.25, 0.3) is 6.08 Å². The molecular weight excluding hydrogens is 368 g/mol. The molecule has 3 rings (SSSR count). The summed E-state index contributed by atoms with van der Waals surface area (Å²) in [6.45, 7) is 6.76. The summed E-state index contributed by atoms with van der Waals surface area (Å²) >= 11 is 0. The van der Waals surface area contributed by atoms with Crippen LogP contribution in [0.5, 0.6) is 0 Å². The molecule has 2 aromatic carbocycles. The number of aryl methyl sites for hydroxylation is 1. The Labute approximate surface area is 170 Å². The fourth-order valence-electron chi connectivity index (χ4n) is 3.22. The molecule has 1 aliphatic rings. The highest BCUT2D eigenvalue weighted by Gasteiger charge is 2.45. The van der Waals surface area contributed by atoms with Gasteiger partial charge in [-0.1, -0.05) is 36.4 Å². The van der Waals surface area contributed by atoms with Gasteiger partial charge in [0.15, 0.2) is 6.10 Å². The molecule has 0 unspecified atom stereocenters. The molecular formula is C23H24N2O4. The number of nitrogens with zero attached hydrogens (tertiary/aromatic N) is 1. The number of rotatable bonds is 4. The Hall–Kier alpha value is -3.41. The third-order valence-corrected chi connectivity index (χ3v) is 4.96. The number of carbonyl (C=O) groups is 3. The first-order valence-corrected chi connectivity index (χ1v) is 9.40. The van der Waals surface area contributed by atoms with Gasteiger partial charge in [0, 0.05) is 6.08 Å². The number of carbonyl (C=O) groups excluding carboxylic acids is 3. The third kappa shape index (κ3) is 4.06. The Morgan fingerprint density at radius 3 is 2.48 bits per heavy atom. The minimum atomic E-state index is -1.12. The summed E-state index contributed by atoms with van der Waals surface area (Å²) in [5.74, 6) is -1.39. The van der Waals surface area contributed by atoms with E-state index in [1.165, 1.54) is 17.9 Å². The molecule has 0 saturated carbocycles. The van der Waals surface area contributed by atoms with Gasteiger partial charge in [0.05, 0.1) is 11.4 Å². The van der Waals surface area contributed by atoms with Crippen molar-refractivity contribution in [2.75, 3.05) is 10.2 Å². The van der Waals surface area contributed by atoms with Gasteiger partial charge in [-0.3, -0.25) is 14.5 Å². The summed E-state index contributed by atoms with van der Waals surface area (Å²) in [6.07, 6.45) is 1.90. The normalized spacial score (nSPS) is 16.1. The van der Waals surface area contributed by atoms with E-state index < -0.39 is 23.5 Å². The van der Waals surface area contributed by atoms with Crippen molar-refractivity contribution in [3.63, 3.8) is 0 Å². The molecule has 1 heterocycles. The second-order valence-corrected chi connectivity index (χ2v) is 7.47. The van der Waals surface area contributed by atoms with Gasteiger partial charge in [0.2, 0.25) is 5.91 Å². The minimum Gasteiger partial charge on any atom is -0.449 e. The zero-order valence-corrected chi connectivity index (χ0v) is 16.9. The summed E-state index contributed by atoms with van der Waals surface area (Å²) in [6, 6.07) is 14.7. The molecule has 29 heavy (non-hydrogen) atoms. The first-order chi connectivity index (χ1) is 13.7. The number of benzene rings is 2. The average Bonchev–Trinajstić information content (AvgIpc) is 2.67. The van der Waals surface area contributed by atoms with Gasteiger partial charge in [-0.2, -0.15) is 0 Å². The van der Waals surface area contributed by atoms with Crippen LogP contribution < -0.4 is 10.2 Å². The Bertz CT molecular complexity index is 994. The second kappa shape index (κ2) is 7.91. The zero-order chi connectivity index (χ0) is 21.2. The highest BCUT2D eigenvalue weighted by molar-refractivity contribution is 6.15. The van der Waals surface area contributed by atoms with Gasteiger partial charge in [-0.25, -0.2) is 4.79 Å². The van der Waals surface area contributed by atoms with Crippen LogP contribution >= 0.6 is 0 Å². The average molecular weight is 392 g/mol. The predicted octanol–water partition coefficient (Wildman–Crippen LogP) is 3.70. The molecule has 1 atom stereocenters. The minimum absolute atomic E-state index is 0.303. The predicted molar refractivity (Wildman–Crippen MR) is 112 cm³/mol. The summed E-state index contributed by atoms with van der Waals surface area (Å²) in [7, 11) is 0. The van der Waals surface area contributed by atoms with Crippen molar-refractivity contribution in [1.29, 1.82) is 0 Å². The lowest BCUT2D eigenvalue weighted by Crippen LogP contribution is -2.60. The van der Waals surface area contributed by atoms with Crippen molar-refractivity contribution in [3.8, 4) is 0 Å². The Morgan fingerprint density at radius 2 is 1.76 bits per heavy atom. The summed E-state index contributed by atoms with van der Waals surface area (Å²) in [4.78, 5) is 39.3. The maximum atomic E-state index is 13.1. The summed E-state index contributed by atoms with van der Waals surface area (Å²) in [5, 5.41) is 2.81. The monoisotopic (exact) mass is 392 g/mol. The number of hydrogen-bond acceptors (Lipinski definition) is 4. The van der Waals surface area contributed by atoms with E-state index in [0.717, 1.165) is 11.1 Å². The maximum absolute atomic E-state index is 13.1. The lowest BCUT2D eigenvalue weighted by atomic mass is 9.95. The molecule has 2 amide bonds. The van der Waals surface area contributed by atoms with Crippen molar-refractivity contribution in [1.82, 2.24) is 0 Å². The quantitative estimate of drug-likeness (QED) is 0.636. The van der Waals surface area contributed by atoms with E-state index in [1.807, 2.05) is 31.2 Å². The van der Waals surface area contributed by atoms with Crippen LogP contribution in [0.4, 0.5) is 11.4 Å². The number of esters is 1. The number of para-hydroxylation sites is 2. The summed E-state index contributed by atoms with van der Waals surface area (Å²) in [5.41, 5.74) is 1.91. The molecule has 1 aliphatic heterocycles. The molecule has 1 N–H and O–H groups in total. The van der Waals surface area contributed by atoms with Crippen LogP contribution in [0.15, 0.2) is 54.6 Å². The fourth-order valence-corrected chi connectivity index (χ4v) is 3.22. The van der Waals surface area contributed by atoms with E-state index in [2.05, 4.69) is 5.32 Å². The largest absolute Gasteiger partial charge is 0.449 e. The highest BCUT2D eigenvalue weighted by atomic mass is 16.5. The molecule has 6 nitrogen and oxygen atoms in total. The summed E-state index contributed by atoms with van der Waals surface area (Å²) < 4.78 is 5.32. The van der Waals surface area contributed by atoms with E-state index in [4.69, 9.17) is 4.74 Å². The molecule has 6 heteroatoms. The fraction of sp³-hybridized carbons (Fsp3) is 0.261. The molecule has 0 bridgehead atoms. The molecule has 0 spiro atoms. The molecule has 2 aromatic rings. The molecule has 150 valence electrons. The van der Waals surface area contributed by atoms with Crippen molar-refractivity contribution >= 4 is 35.2 Å². The van der Waals surface area contributed by atoms with Crippen molar-refractivity contribution in [2.24, 2.45) is 0 Å². The smallest absolute Gasteiger partial charge is 0.331 e. The topological polar surface area (TPSA) is 75.7 Å². The number of nitrogens with one attached hydrogen (secondary N) is 1. The van der Waals surface area contributed by atoms with Crippen molar-refractivity contribution < 1.29 is 19.1 Å². The van der Waals surface area contributed by atoms with Crippen LogP contribution in [0.2, 0.25) is 0 Å². The standard InChI is InChI=1S/C23H24N2O4/c1-15-9-5-6-10-17(15)13-14-20(26)29-16(2)21(27)25-19-12-8-7-11-18(19)24-22(28)23(25,3)4/h5-14,16H,1-4H3,(H,24,28)/b14-13+/t16-/m1/s1. The zero-order valence-electron chi connectivity index (χ0n) is 16.9. The number of anilines is 2.